The Hall–Kier alpha value is -1.81. The van der Waals surface area contributed by atoms with Gasteiger partial charge in [0.05, 0.1) is 11.3 Å². The van der Waals surface area contributed by atoms with Crippen molar-refractivity contribution >= 4 is 5.69 Å². The molecule has 0 unspecified atom stereocenters. The number of hydrogen-bond acceptors (Lipinski definition) is 3. The maximum absolute atomic E-state index is 5.40. The first-order chi connectivity index (χ1) is 9.11. The highest BCUT2D eigenvalue weighted by Gasteiger charge is 2.15. The minimum atomic E-state index is -0.0893. The van der Waals surface area contributed by atoms with Crippen molar-refractivity contribution in [2.75, 3.05) is 19.0 Å². The molecule has 0 aliphatic rings. The van der Waals surface area contributed by atoms with E-state index in [0.717, 1.165) is 29.9 Å². The first-order valence-corrected chi connectivity index (χ1v) is 6.49. The van der Waals surface area contributed by atoms with Crippen LogP contribution in [0.15, 0.2) is 36.5 Å². The van der Waals surface area contributed by atoms with Gasteiger partial charge in [-0.2, -0.15) is 5.10 Å². The van der Waals surface area contributed by atoms with Crippen LogP contribution >= 0.6 is 0 Å². The van der Waals surface area contributed by atoms with Crippen molar-refractivity contribution in [2.24, 2.45) is 0 Å². The highest BCUT2D eigenvalue weighted by molar-refractivity contribution is 5.64. The molecule has 0 saturated carbocycles. The Morgan fingerprint density at radius 2 is 2.16 bits per heavy atom. The van der Waals surface area contributed by atoms with Crippen LogP contribution in [0, 0.1) is 0 Å². The molecule has 0 aliphatic heterocycles. The Morgan fingerprint density at radius 3 is 2.84 bits per heavy atom. The lowest BCUT2D eigenvalue weighted by Crippen LogP contribution is -2.25. The molecule has 19 heavy (non-hydrogen) atoms. The third kappa shape index (κ3) is 3.83. The molecule has 1 aromatic heterocycles. The minimum Gasteiger partial charge on any atom is -0.385 e. The van der Waals surface area contributed by atoms with Crippen molar-refractivity contribution in [3.8, 4) is 11.3 Å². The van der Waals surface area contributed by atoms with E-state index in [9.17, 15) is 0 Å². The number of hydrogen-bond donors (Lipinski definition) is 2. The number of aromatic nitrogens is 2. The first kappa shape index (κ1) is 13.6. The SMILES string of the molecule is COC(C)(C)CCNc1cccc(-c2ccn[nH]2)c1. The standard InChI is InChI=1S/C15H21N3O/c1-15(2,19-3)8-10-16-13-6-4-5-12(11-13)14-7-9-17-18-14/h4-7,9,11,16H,8,10H2,1-3H3,(H,17,18). The van der Waals surface area contributed by atoms with Crippen molar-refractivity contribution in [3.05, 3.63) is 36.5 Å². The van der Waals surface area contributed by atoms with Gasteiger partial charge in [0, 0.05) is 31.1 Å². The second-order valence-electron chi connectivity index (χ2n) is 5.19. The predicted octanol–water partition coefficient (Wildman–Crippen LogP) is 3.30. The van der Waals surface area contributed by atoms with Gasteiger partial charge in [-0.25, -0.2) is 0 Å². The minimum absolute atomic E-state index is 0.0893. The third-order valence-electron chi connectivity index (χ3n) is 3.28. The number of H-pyrrole nitrogens is 1. The van der Waals surface area contributed by atoms with Gasteiger partial charge < -0.3 is 10.1 Å². The lowest BCUT2D eigenvalue weighted by atomic mass is 10.1. The highest BCUT2D eigenvalue weighted by atomic mass is 16.5. The Morgan fingerprint density at radius 1 is 1.32 bits per heavy atom. The zero-order valence-corrected chi connectivity index (χ0v) is 11.7. The predicted molar refractivity (Wildman–Crippen MR) is 78.2 cm³/mol. The normalized spacial score (nSPS) is 11.5. The molecule has 4 nitrogen and oxygen atoms in total. The van der Waals surface area contributed by atoms with E-state index >= 15 is 0 Å². The van der Waals surface area contributed by atoms with E-state index in [4.69, 9.17) is 4.74 Å². The average Bonchev–Trinajstić information content (AvgIpc) is 2.93. The van der Waals surface area contributed by atoms with Gasteiger partial charge in [0.1, 0.15) is 0 Å². The fourth-order valence-electron chi connectivity index (χ4n) is 1.82. The topological polar surface area (TPSA) is 49.9 Å². The molecule has 0 radical (unpaired) electrons. The van der Waals surface area contributed by atoms with E-state index < -0.39 is 0 Å². The molecular formula is C15H21N3O. The summed E-state index contributed by atoms with van der Waals surface area (Å²) in [6.07, 6.45) is 2.72. The Bertz CT molecular complexity index is 506. The van der Waals surface area contributed by atoms with Crippen molar-refractivity contribution in [3.63, 3.8) is 0 Å². The molecule has 0 atom stereocenters. The molecule has 0 bridgehead atoms. The van der Waals surface area contributed by atoms with Gasteiger partial charge in [0.25, 0.3) is 0 Å². The highest BCUT2D eigenvalue weighted by Crippen LogP contribution is 2.21. The first-order valence-electron chi connectivity index (χ1n) is 6.49. The molecule has 102 valence electrons. The number of benzene rings is 1. The zero-order chi connectivity index (χ0) is 13.7. The van der Waals surface area contributed by atoms with Crippen LogP contribution in [0.4, 0.5) is 5.69 Å². The molecule has 0 amide bonds. The number of anilines is 1. The van der Waals surface area contributed by atoms with Crippen LogP contribution in [0.2, 0.25) is 0 Å². The molecule has 2 aromatic rings. The van der Waals surface area contributed by atoms with E-state index in [1.165, 1.54) is 0 Å². The van der Waals surface area contributed by atoms with Crippen LogP contribution in [0.3, 0.4) is 0 Å². The quantitative estimate of drug-likeness (QED) is 0.836. The largest absolute Gasteiger partial charge is 0.385 e. The Kier molecular flexibility index (Phi) is 4.22. The molecule has 0 spiro atoms. The molecule has 1 aromatic carbocycles. The van der Waals surface area contributed by atoms with Crippen LogP contribution in [0.5, 0.6) is 0 Å². The van der Waals surface area contributed by atoms with Crippen LogP contribution in [0.1, 0.15) is 20.3 Å². The molecule has 0 fully saturated rings. The summed E-state index contributed by atoms with van der Waals surface area (Å²) in [6.45, 7) is 5.07. The van der Waals surface area contributed by atoms with Crippen molar-refractivity contribution in [1.29, 1.82) is 0 Å². The van der Waals surface area contributed by atoms with Crippen LogP contribution in [0.25, 0.3) is 11.3 Å². The summed E-state index contributed by atoms with van der Waals surface area (Å²) in [5.74, 6) is 0. The zero-order valence-electron chi connectivity index (χ0n) is 11.7. The van der Waals surface area contributed by atoms with Gasteiger partial charge in [0.2, 0.25) is 0 Å². The van der Waals surface area contributed by atoms with Crippen molar-refractivity contribution in [2.45, 2.75) is 25.9 Å². The summed E-state index contributed by atoms with van der Waals surface area (Å²) < 4.78 is 5.40. The monoisotopic (exact) mass is 259 g/mol. The molecule has 2 rings (SSSR count). The van der Waals surface area contributed by atoms with Crippen LogP contribution in [-0.4, -0.2) is 29.5 Å². The van der Waals surface area contributed by atoms with Gasteiger partial charge >= 0.3 is 0 Å². The van der Waals surface area contributed by atoms with E-state index in [0.29, 0.717) is 0 Å². The number of rotatable bonds is 6. The summed E-state index contributed by atoms with van der Waals surface area (Å²) >= 11 is 0. The number of nitrogens with one attached hydrogen (secondary N) is 2. The van der Waals surface area contributed by atoms with E-state index in [2.05, 4.69) is 47.6 Å². The van der Waals surface area contributed by atoms with Crippen molar-refractivity contribution < 1.29 is 4.74 Å². The summed E-state index contributed by atoms with van der Waals surface area (Å²) in [7, 11) is 1.75. The van der Waals surface area contributed by atoms with Gasteiger partial charge in [-0.15, -0.1) is 0 Å². The summed E-state index contributed by atoms with van der Waals surface area (Å²) in [6, 6.07) is 10.3. The molecule has 4 heteroatoms. The van der Waals surface area contributed by atoms with Gasteiger partial charge in [-0.1, -0.05) is 12.1 Å². The fourth-order valence-corrected chi connectivity index (χ4v) is 1.82. The molecule has 0 saturated heterocycles. The molecule has 0 aliphatic carbocycles. The van der Waals surface area contributed by atoms with Crippen LogP contribution < -0.4 is 5.32 Å². The van der Waals surface area contributed by atoms with E-state index in [1.807, 2.05) is 12.1 Å². The summed E-state index contributed by atoms with van der Waals surface area (Å²) in [5, 5.41) is 10.4. The van der Waals surface area contributed by atoms with Gasteiger partial charge in [0.15, 0.2) is 0 Å². The average molecular weight is 259 g/mol. The number of nitrogens with zero attached hydrogens (tertiary/aromatic N) is 1. The third-order valence-corrected chi connectivity index (χ3v) is 3.28. The van der Waals surface area contributed by atoms with Crippen LogP contribution in [-0.2, 0) is 4.74 Å². The molecular weight excluding hydrogens is 238 g/mol. The van der Waals surface area contributed by atoms with Gasteiger partial charge in [-0.05, 0) is 38.5 Å². The number of aromatic amines is 1. The van der Waals surface area contributed by atoms with Gasteiger partial charge in [-0.3, -0.25) is 5.10 Å². The summed E-state index contributed by atoms with van der Waals surface area (Å²) in [5.41, 5.74) is 3.18. The fraction of sp³-hybridized carbons (Fsp3) is 0.400. The van der Waals surface area contributed by atoms with Crippen molar-refractivity contribution in [1.82, 2.24) is 10.2 Å². The molecule has 1 heterocycles. The maximum atomic E-state index is 5.40. The second-order valence-corrected chi connectivity index (χ2v) is 5.19. The lowest BCUT2D eigenvalue weighted by molar-refractivity contribution is 0.0185. The number of methoxy groups -OCH3 is 1. The smallest absolute Gasteiger partial charge is 0.0650 e. The molecule has 2 N–H and O–H groups in total. The van der Waals surface area contributed by atoms with E-state index in [-0.39, 0.29) is 5.60 Å². The lowest BCUT2D eigenvalue weighted by Gasteiger charge is -2.23. The maximum Gasteiger partial charge on any atom is 0.0650 e. The summed E-state index contributed by atoms with van der Waals surface area (Å²) in [4.78, 5) is 0. The second kappa shape index (κ2) is 5.89. The Balaban J connectivity index is 1.97. The van der Waals surface area contributed by atoms with E-state index in [1.54, 1.807) is 13.3 Å². The number of ether oxygens (including phenoxy) is 1. The Labute approximate surface area is 114 Å².